The minimum atomic E-state index is -0.719. The zero-order valence-corrected chi connectivity index (χ0v) is 13.6. The topological polar surface area (TPSA) is 38.0 Å². The van der Waals surface area contributed by atoms with E-state index in [1.807, 2.05) is 53.2 Å². The zero-order chi connectivity index (χ0) is 15.0. The monoisotopic (exact) mass is 344 g/mol. The molecule has 2 aromatic carbocycles. The van der Waals surface area contributed by atoms with E-state index >= 15 is 0 Å². The predicted molar refractivity (Wildman–Crippen MR) is 88.3 cm³/mol. The van der Waals surface area contributed by atoms with Gasteiger partial charge in [0.25, 0.3) is 0 Å². The van der Waals surface area contributed by atoms with Gasteiger partial charge in [-0.3, -0.25) is 4.68 Å². The highest BCUT2D eigenvalue weighted by Crippen LogP contribution is 2.31. The summed E-state index contributed by atoms with van der Waals surface area (Å²) in [5.74, 6) is 0. The highest BCUT2D eigenvalue weighted by Gasteiger charge is 2.20. The van der Waals surface area contributed by atoms with Gasteiger partial charge in [0.2, 0.25) is 0 Å². The van der Waals surface area contributed by atoms with Crippen LogP contribution in [0, 0.1) is 0 Å². The molecule has 3 nitrogen and oxygen atoms in total. The number of fused-ring (bicyclic) bond motifs is 1. The highest BCUT2D eigenvalue weighted by molar-refractivity contribution is 9.10. The molecule has 0 saturated carbocycles. The molecule has 0 aliphatic rings. The van der Waals surface area contributed by atoms with Gasteiger partial charge >= 0.3 is 0 Å². The van der Waals surface area contributed by atoms with Crippen LogP contribution < -0.4 is 0 Å². The molecular weight excluding hydrogens is 328 g/mol. The van der Waals surface area contributed by atoms with Gasteiger partial charge in [-0.05, 0) is 37.6 Å². The lowest BCUT2D eigenvalue weighted by Crippen LogP contribution is -2.05. The van der Waals surface area contributed by atoms with Crippen molar-refractivity contribution in [2.45, 2.75) is 26.0 Å². The molecular formula is C17H17BrN2O. The smallest absolute Gasteiger partial charge is 0.123 e. The van der Waals surface area contributed by atoms with Crippen molar-refractivity contribution in [2.24, 2.45) is 0 Å². The Hall–Kier alpha value is -1.65. The van der Waals surface area contributed by atoms with Gasteiger partial charge in [0.1, 0.15) is 11.8 Å². The summed E-state index contributed by atoms with van der Waals surface area (Å²) in [4.78, 5) is 0. The van der Waals surface area contributed by atoms with Gasteiger partial charge in [0, 0.05) is 15.9 Å². The number of nitrogens with zero attached hydrogens (tertiary/aromatic N) is 2. The second-order valence-corrected chi connectivity index (χ2v) is 6.31. The number of aromatic nitrogens is 2. The van der Waals surface area contributed by atoms with Crippen LogP contribution in [0.1, 0.15) is 37.3 Å². The third kappa shape index (κ3) is 2.61. The van der Waals surface area contributed by atoms with Gasteiger partial charge in [-0.1, -0.05) is 46.3 Å². The second kappa shape index (κ2) is 5.62. The van der Waals surface area contributed by atoms with Crippen LogP contribution in [0.3, 0.4) is 0 Å². The van der Waals surface area contributed by atoms with Crippen molar-refractivity contribution in [3.05, 3.63) is 64.3 Å². The van der Waals surface area contributed by atoms with E-state index in [0.717, 1.165) is 20.9 Å². The number of halogens is 1. The van der Waals surface area contributed by atoms with Crippen LogP contribution in [0.2, 0.25) is 0 Å². The molecule has 1 atom stereocenters. The molecule has 1 aromatic heterocycles. The first kappa shape index (κ1) is 14.3. The molecule has 0 saturated heterocycles. The van der Waals surface area contributed by atoms with E-state index in [0.29, 0.717) is 5.69 Å². The zero-order valence-electron chi connectivity index (χ0n) is 12.0. The van der Waals surface area contributed by atoms with Gasteiger partial charge in [0.05, 0.1) is 5.52 Å². The molecule has 1 unspecified atom stereocenters. The average molecular weight is 345 g/mol. The number of aliphatic hydroxyl groups excluding tert-OH is 1. The summed E-state index contributed by atoms with van der Waals surface area (Å²) >= 11 is 3.50. The molecule has 1 heterocycles. The normalized spacial score (nSPS) is 13.0. The van der Waals surface area contributed by atoms with Gasteiger partial charge in [0.15, 0.2) is 0 Å². The standard InChI is InChI=1S/C17H17BrN2O/c1-11(2)20-15-9-8-13(18)10-14(15)16(19-20)17(21)12-6-4-3-5-7-12/h3-11,17,21H,1-2H3. The van der Waals surface area contributed by atoms with Crippen molar-refractivity contribution in [2.75, 3.05) is 0 Å². The fourth-order valence-corrected chi connectivity index (χ4v) is 2.89. The van der Waals surface area contributed by atoms with Crippen molar-refractivity contribution in [1.29, 1.82) is 0 Å². The van der Waals surface area contributed by atoms with Crippen LogP contribution in [-0.2, 0) is 0 Å². The Bertz CT molecular complexity index is 765. The molecule has 0 aliphatic heterocycles. The van der Waals surface area contributed by atoms with E-state index < -0.39 is 6.10 Å². The Morgan fingerprint density at radius 1 is 1.10 bits per heavy atom. The number of benzene rings is 2. The maximum Gasteiger partial charge on any atom is 0.123 e. The molecule has 1 N–H and O–H groups in total. The molecule has 0 spiro atoms. The van der Waals surface area contributed by atoms with E-state index in [2.05, 4.69) is 34.9 Å². The lowest BCUT2D eigenvalue weighted by Gasteiger charge is -2.09. The maximum atomic E-state index is 10.7. The van der Waals surface area contributed by atoms with Crippen LogP contribution in [0.5, 0.6) is 0 Å². The minimum absolute atomic E-state index is 0.241. The van der Waals surface area contributed by atoms with Gasteiger partial charge in [-0.2, -0.15) is 5.10 Å². The van der Waals surface area contributed by atoms with Gasteiger partial charge in [-0.25, -0.2) is 0 Å². The van der Waals surface area contributed by atoms with Crippen LogP contribution in [-0.4, -0.2) is 14.9 Å². The number of hydrogen-bond acceptors (Lipinski definition) is 2. The van der Waals surface area contributed by atoms with Crippen LogP contribution in [0.15, 0.2) is 53.0 Å². The first-order valence-corrected chi connectivity index (χ1v) is 7.78. The Morgan fingerprint density at radius 2 is 1.81 bits per heavy atom. The molecule has 108 valence electrons. The summed E-state index contributed by atoms with van der Waals surface area (Å²) in [6, 6.07) is 15.9. The Kier molecular flexibility index (Phi) is 3.83. The molecule has 3 aromatic rings. The fourth-order valence-electron chi connectivity index (χ4n) is 2.53. The lowest BCUT2D eigenvalue weighted by atomic mass is 10.0. The first-order valence-electron chi connectivity index (χ1n) is 6.98. The fraction of sp³-hybridized carbons (Fsp3) is 0.235. The average Bonchev–Trinajstić information content (AvgIpc) is 2.86. The molecule has 0 aliphatic carbocycles. The molecule has 3 rings (SSSR count). The minimum Gasteiger partial charge on any atom is -0.382 e. The predicted octanol–water partition coefficient (Wildman–Crippen LogP) is 4.46. The Balaban J connectivity index is 2.20. The SMILES string of the molecule is CC(C)n1nc(C(O)c2ccccc2)c2cc(Br)ccc21. The van der Waals surface area contributed by atoms with E-state index in [4.69, 9.17) is 0 Å². The van der Waals surface area contributed by atoms with Crippen LogP contribution in [0.4, 0.5) is 0 Å². The summed E-state index contributed by atoms with van der Waals surface area (Å²) in [6.45, 7) is 4.18. The Labute approximate surface area is 132 Å². The van der Waals surface area contributed by atoms with Gasteiger partial charge < -0.3 is 5.11 Å². The van der Waals surface area contributed by atoms with Crippen molar-refractivity contribution < 1.29 is 5.11 Å². The van der Waals surface area contributed by atoms with Crippen molar-refractivity contribution in [3.8, 4) is 0 Å². The van der Waals surface area contributed by atoms with Crippen molar-refractivity contribution in [3.63, 3.8) is 0 Å². The quantitative estimate of drug-likeness (QED) is 0.761. The molecule has 4 heteroatoms. The summed E-state index contributed by atoms with van der Waals surface area (Å²) < 4.78 is 2.95. The molecule has 21 heavy (non-hydrogen) atoms. The van der Waals surface area contributed by atoms with E-state index in [-0.39, 0.29) is 6.04 Å². The lowest BCUT2D eigenvalue weighted by molar-refractivity contribution is 0.215. The van der Waals surface area contributed by atoms with Gasteiger partial charge in [-0.15, -0.1) is 0 Å². The number of rotatable bonds is 3. The molecule has 0 bridgehead atoms. The highest BCUT2D eigenvalue weighted by atomic mass is 79.9. The largest absolute Gasteiger partial charge is 0.382 e. The number of aliphatic hydroxyl groups is 1. The maximum absolute atomic E-state index is 10.7. The van der Waals surface area contributed by atoms with E-state index in [1.165, 1.54) is 0 Å². The van der Waals surface area contributed by atoms with E-state index in [9.17, 15) is 5.11 Å². The summed E-state index contributed by atoms with van der Waals surface area (Å²) in [7, 11) is 0. The van der Waals surface area contributed by atoms with Crippen molar-refractivity contribution in [1.82, 2.24) is 9.78 Å². The molecule has 0 fully saturated rings. The first-order chi connectivity index (χ1) is 10.1. The molecule has 0 amide bonds. The summed E-state index contributed by atoms with van der Waals surface area (Å²) in [6.07, 6.45) is -0.719. The van der Waals surface area contributed by atoms with Crippen LogP contribution in [0.25, 0.3) is 10.9 Å². The van der Waals surface area contributed by atoms with Crippen LogP contribution >= 0.6 is 15.9 Å². The number of hydrogen-bond donors (Lipinski definition) is 1. The molecule has 0 radical (unpaired) electrons. The third-order valence-corrected chi connectivity index (χ3v) is 4.05. The summed E-state index contributed by atoms with van der Waals surface area (Å²) in [5, 5.41) is 16.3. The summed E-state index contributed by atoms with van der Waals surface area (Å²) in [5.41, 5.74) is 2.59. The van der Waals surface area contributed by atoms with E-state index in [1.54, 1.807) is 0 Å². The van der Waals surface area contributed by atoms with Crippen molar-refractivity contribution >= 4 is 26.8 Å². The second-order valence-electron chi connectivity index (χ2n) is 5.40. The third-order valence-electron chi connectivity index (χ3n) is 3.56. The Morgan fingerprint density at radius 3 is 2.48 bits per heavy atom.